The largest absolute Gasteiger partial charge is 0.431 e. The number of aromatic amines is 1. The maximum Gasteiger partial charge on any atom is 0.431 e. The summed E-state index contributed by atoms with van der Waals surface area (Å²) < 4.78 is 51.6. The summed E-state index contributed by atoms with van der Waals surface area (Å²) in [4.78, 5) is 2.10. The van der Waals surface area contributed by atoms with E-state index in [2.05, 4.69) is 17.2 Å². The summed E-state index contributed by atoms with van der Waals surface area (Å²) in [5.41, 5.74) is -0.954. The third-order valence-corrected chi connectivity index (χ3v) is 2.58. The molecule has 0 aliphatic rings. The maximum absolute atomic E-state index is 13.0. The average Bonchev–Trinajstić information content (AvgIpc) is 2.27. The smallest absolute Gasteiger partial charge is 0.342 e. The Bertz CT molecular complexity index is 630. The van der Waals surface area contributed by atoms with Crippen LogP contribution in [0.1, 0.15) is 5.69 Å². The van der Waals surface area contributed by atoms with E-state index < -0.39 is 17.7 Å². The van der Waals surface area contributed by atoms with Gasteiger partial charge in [-0.1, -0.05) is 24.4 Å². The lowest BCUT2D eigenvalue weighted by molar-refractivity contribution is -0.140. The van der Waals surface area contributed by atoms with Crippen LogP contribution in [0.5, 0.6) is 0 Å². The molecule has 0 atom stereocenters. The van der Waals surface area contributed by atoms with Gasteiger partial charge >= 0.3 is 6.18 Å². The molecule has 1 heterocycles. The minimum Gasteiger partial charge on any atom is -0.342 e. The van der Waals surface area contributed by atoms with Gasteiger partial charge in [-0.25, -0.2) is 4.39 Å². The van der Waals surface area contributed by atoms with Crippen LogP contribution in [0.4, 0.5) is 17.6 Å². The minimum atomic E-state index is -4.57. The van der Waals surface area contributed by atoms with E-state index in [1.165, 1.54) is 30.3 Å². The molecular weight excluding hydrogens is 266 g/mol. The van der Waals surface area contributed by atoms with E-state index in [9.17, 15) is 17.6 Å². The fraction of sp³-hybridized carbons (Fsp3) is 0.0833. The summed E-state index contributed by atoms with van der Waals surface area (Å²) in [5.74, 6) is -0.594. The third-order valence-electron chi connectivity index (χ3n) is 2.34. The molecule has 1 nitrogen and oxygen atoms in total. The second kappa shape index (κ2) is 4.53. The van der Waals surface area contributed by atoms with Crippen molar-refractivity contribution in [2.45, 2.75) is 6.18 Å². The van der Waals surface area contributed by atoms with Crippen molar-refractivity contribution in [3.8, 4) is 11.1 Å². The van der Waals surface area contributed by atoms with Gasteiger partial charge in [-0.05, 0) is 29.8 Å². The molecule has 0 bridgehead atoms. The predicted octanol–water partition coefficient (Wildman–Crippen LogP) is 4.57. The first-order chi connectivity index (χ1) is 8.38. The Hall–Kier alpha value is -1.69. The molecule has 0 radical (unpaired) electrons. The van der Waals surface area contributed by atoms with Gasteiger partial charge in [0.05, 0.1) is 0 Å². The standard InChI is InChI=1S/C12H7F4NS/c13-8-3-1-2-7(6-8)9-4-5-10(18)17-11(9)12(14,15)16/h1-6H,(H,17,18). The lowest BCUT2D eigenvalue weighted by Gasteiger charge is -2.12. The predicted molar refractivity (Wildman–Crippen MR) is 62.0 cm³/mol. The first-order valence-corrected chi connectivity index (χ1v) is 5.35. The first kappa shape index (κ1) is 12.8. The highest BCUT2D eigenvalue weighted by molar-refractivity contribution is 7.71. The molecule has 0 aliphatic carbocycles. The van der Waals surface area contributed by atoms with Crippen molar-refractivity contribution in [2.75, 3.05) is 0 Å². The number of aromatic nitrogens is 1. The SMILES string of the molecule is Fc1cccc(-c2ccc(=S)[nH]c2C(F)(F)F)c1. The van der Waals surface area contributed by atoms with Crippen LogP contribution in [0.25, 0.3) is 11.1 Å². The summed E-state index contributed by atoms with van der Waals surface area (Å²) >= 11 is 4.67. The van der Waals surface area contributed by atoms with Gasteiger partial charge in [0.1, 0.15) is 16.2 Å². The first-order valence-electron chi connectivity index (χ1n) is 4.94. The summed E-state index contributed by atoms with van der Waals surface area (Å²) in [5, 5.41) is 0. The van der Waals surface area contributed by atoms with Crippen molar-refractivity contribution in [3.05, 3.63) is 52.5 Å². The molecule has 1 aromatic carbocycles. The van der Waals surface area contributed by atoms with Crippen molar-refractivity contribution < 1.29 is 17.6 Å². The van der Waals surface area contributed by atoms with Crippen LogP contribution in [-0.4, -0.2) is 4.98 Å². The number of hydrogen-bond acceptors (Lipinski definition) is 1. The monoisotopic (exact) mass is 273 g/mol. The summed E-state index contributed by atoms with van der Waals surface area (Å²) in [6.07, 6.45) is -4.57. The lowest BCUT2D eigenvalue weighted by Crippen LogP contribution is -2.10. The van der Waals surface area contributed by atoms with Crippen molar-refractivity contribution in [2.24, 2.45) is 0 Å². The topological polar surface area (TPSA) is 15.8 Å². The van der Waals surface area contributed by atoms with Gasteiger partial charge in [0.2, 0.25) is 0 Å². The Morgan fingerprint density at radius 3 is 2.39 bits per heavy atom. The highest BCUT2D eigenvalue weighted by Gasteiger charge is 2.34. The van der Waals surface area contributed by atoms with E-state index in [1.807, 2.05) is 0 Å². The summed E-state index contributed by atoms with van der Waals surface area (Å²) in [6.45, 7) is 0. The van der Waals surface area contributed by atoms with Crippen LogP contribution in [0.15, 0.2) is 36.4 Å². The van der Waals surface area contributed by atoms with Crippen LogP contribution in [0.3, 0.4) is 0 Å². The molecule has 0 saturated carbocycles. The van der Waals surface area contributed by atoms with Gasteiger partial charge in [-0.3, -0.25) is 0 Å². The van der Waals surface area contributed by atoms with Crippen LogP contribution >= 0.6 is 12.2 Å². The van der Waals surface area contributed by atoms with Crippen molar-refractivity contribution in [1.82, 2.24) is 4.98 Å². The van der Waals surface area contributed by atoms with Crippen molar-refractivity contribution in [1.29, 1.82) is 0 Å². The number of hydrogen-bond donors (Lipinski definition) is 1. The van der Waals surface area contributed by atoms with Crippen LogP contribution < -0.4 is 0 Å². The van der Waals surface area contributed by atoms with Gasteiger partial charge in [-0.15, -0.1) is 0 Å². The summed E-state index contributed by atoms with van der Waals surface area (Å²) in [7, 11) is 0. The van der Waals surface area contributed by atoms with E-state index in [0.717, 1.165) is 6.07 Å². The molecule has 0 unspecified atom stereocenters. The Balaban J connectivity index is 2.68. The maximum atomic E-state index is 13.0. The molecule has 18 heavy (non-hydrogen) atoms. The van der Waals surface area contributed by atoms with Gasteiger partial charge < -0.3 is 4.98 Å². The van der Waals surface area contributed by atoms with E-state index in [4.69, 9.17) is 0 Å². The normalized spacial score (nSPS) is 11.6. The number of rotatable bonds is 1. The molecule has 6 heteroatoms. The Labute approximate surface area is 105 Å². The van der Waals surface area contributed by atoms with Gasteiger partial charge in [0, 0.05) is 5.56 Å². The Kier molecular flexibility index (Phi) is 3.21. The second-order valence-electron chi connectivity index (χ2n) is 3.62. The Morgan fingerprint density at radius 2 is 1.78 bits per heavy atom. The zero-order valence-corrected chi connectivity index (χ0v) is 9.70. The second-order valence-corrected chi connectivity index (χ2v) is 4.06. The van der Waals surface area contributed by atoms with E-state index in [1.54, 1.807) is 0 Å². The van der Waals surface area contributed by atoms with E-state index in [0.29, 0.717) is 0 Å². The van der Waals surface area contributed by atoms with Crippen molar-refractivity contribution >= 4 is 12.2 Å². The zero-order valence-electron chi connectivity index (χ0n) is 8.88. The zero-order chi connectivity index (χ0) is 13.3. The van der Waals surface area contributed by atoms with E-state index in [-0.39, 0.29) is 15.8 Å². The molecule has 0 fully saturated rings. The van der Waals surface area contributed by atoms with E-state index >= 15 is 0 Å². The van der Waals surface area contributed by atoms with Gasteiger partial charge in [-0.2, -0.15) is 13.2 Å². The van der Waals surface area contributed by atoms with Crippen LogP contribution in [0, 0.1) is 10.5 Å². The molecule has 0 aliphatic heterocycles. The summed E-state index contributed by atoms with van der Waals surface area (Å²) in [6, 6.07) is 7.54. The molecule has 2 aromatic rings. The van der Waals surface area contributed by atoms with Crippen molar-refractivity contribution in [3.63, 3.8) is 0 Å². The average molecular weight is 273 g/mol. The molecule has 0 amide bonds. The highest BCUT2D eigenvalue weighted by atomic mass is 32.1. The third kappa shape index (κ3) is 2.59. The molecular formula is C12H7F4NS. The molecule has 1 N–H and O–H groups in total. The van der Waals surface area contributed by atoms with Crippen LogP contribution in [-0.2, 0) is 6.18 Å². The molecule has 2 rings (SSSR count). The quantitative estimate of drug-likeness (QED) is 0.594. The Morgan fingerprint density at radius 1 is 1.06 bits per heavy atom. The highest BCUT2D eigenvalue weighted by Crippen LogP contribution is 2.35. The molecule has 94 valence electrons. The number of benzene rings is 1. The fourth-order valence-electron chi connectivity index (χ4n) is 1.59. The number of nitrogens with one attached hydrogen (secondary N) is 1. The minimum absolute atomic E-state index is 0.0255. The molecule has 0 spiro atoms. The molecule has 0 saturated heterocycles. The number of H-pyrrole nitrogens is 1. The molecule has 1 aromatic heterocycles. The van der Waals surface area contributed by atoms with Gasteiger partial charge in [0.15, 0.2) is 0 Å². The van der Waals surface area contributed by atoms with Crippen LogP contribution in [0.2, 0.25) is 0 Å². The number of halogens is 4. The van der Waals surface area contributed by atoms with Gasteiger partial charge in [0.25, 0.3) is 0 Å². The fourth-order valence-corrected chi connectivity index (χ4v) is 1.76. The lowest BCUT2D eigenvalue weighted by atomic mass is 10.0. The number of pyridine rings is 1. The number of alkyl halides is 3.